The number of aromatic nitrogens is 1. The van der Waals surface area contributed by atoms with Crippen LogP contribution in [0.15, 0.2) is 27.1 Å². The number of hydrogen-bond donors (Lipinski definition) is 1. The van der Waals surface area contributed by atoms with E-state index in [1.807, 2.05) is 0 Å². The maximum atomic E-state index is 11.9. The van der Waals surface area contributed by atoms with Crippen molar-refractivity contribution in [2.45, 2.75) is 20.4 Å². The van der Waals surface area contributed by atoms with Gasteiger partial charge in [-0.15, -0.1) is 0 Å². The van der Waals surface area contributed by atoms with E-state index in [2.05, 4.69) is 15.9 Å². The van der Waals surface area contributed by atoms with Crippen LogP contribution in [0.5, 0.6) is 0 Å². The Morgan fingerprint density at radius 2 is 2.21 bits per heavy atom. The van der Waals surface area contributed by atoms with E-state index in [0.29, 0.717) is 0 Å². The lowest BCUT2D eigenvalue weighted by Gasteiger charge is -2.06. The molecule has 7 nitrogen and oxygen atoms in total. The SMILES string of the molecule is C/C(=C/Cn1cc([N+](=O)[O-])c(C)c(Br)c1=O)C(=O)O. The molecule has 0 spiro atoms. The van der Waals surface area contributed by atoms with Crippen molar-refractivity contribution in [1.29, 1.82) is 0 Å². The van der Waals surface area contributed by atoms with Gasteiger partial charge in [0.25, 0.3) is 11.2 Å². The monoisotopic (exact) mass is 330 g/mol. The Morgan fingerprint density at radius 1 is 1.63 bits per heavy atom. The molecule has 0 saturated heterocycles. The number of nitro groups is 1. The summed E-state index contributed by atoms with van der Waals surface area (Å²) in [6.07, 6.45) is 2.42. The molecular weight excluding hydrogens is 320 g/mol. The molecule has 0 atom stereocenters. The maximum Gasteiger partial charge on any atom is 0.331 e. The minimum absolute atomic E-state index is 0.0450. The molecule has 0 bridgehead atoms. The molecule has 0 aliphatic heterocycles. The molecule has 0 aliphatic rings. The van der Waals surface area contributed by atoms with Gasteiger partial charge in [-0.1, -0.05) is 6.08 Å². The third-order valence-electron chi connectivity index (χ3n) is 2.57. The van der Waals surface area contributed by atoms with Crippen LogP contribution in [0, 0.1) is 17.0 Å². The Morgan fingerprint density at radius 3 is 2.68 bits per heavy atom. The highest BCUT2D eigenvalue weighted by Gasteiger charge is 2.18. The van der Waals surface area contributed by atoms with E-state index in [9.17, 15) is 19.7 Å². The van der Waals surface area contributed by atoms with Crippen LogP contribution in [-0.2, 0) is 11.3 Å². The van der Waals surface area contributed by atoms with E-state index in [1.165, 1.54) is 19.9 Å². The van der Waals surface area contributed by atoms with E-state index in [0.717, 1.165) is 10.8 Å². The van der Waals surface area contributed by atoms with Gasteiger partial charge in [0.05, 0.1) is 15.6 Å². The van der Waals surface area contributed by atoms with Crippen LogP contribution in [0.4, 0.5) is 5.69 Å². The molecule has 0 fully saturated rings. The average Bonchev–Trinajstić information content (AvgIpc) is 2.34. The third-order valence-corrected chi connectivity index (χ3v) is 3.50. The average molecular weight is 331 g/mol. The standard InChI is InChI=1S/C11H11BrN2O5/c1-6(11(16)17)3-4-13-5-8(14(18)19)7(2)9(12)10(13)15/h3,5H,4H2,1-2H3,(H,16,17)/b6-3-. The number of carbonyl (C=O) groups is 1. The number of nitrogens with zero attached hydrogens (tertiary/aromatic N) is 2. The van der Waals surface area contributed by atoms with Crippen molar-refractivity contribution in [3.63, 3.8) is 0 Å². The van der Waals surface area contributed by atoms with Gasteiger partial charge in [-0.05, 0) is 29.8 Å². The number of rotatable bonds is 4. The highest BCUT2D eigenvalue weighted by Crippen LogP contribution is 2.22. The Kier molecular flexibility index (Phi) is 4.60. The lowest BCUT2D eigenvalue weighted by molar-refractivity contribution is -0.386. The van der Waals surface area contributed by atoms with Gasteiger partial charge in [-0.2, -0.15) is 0 Å². The van der Waals surface area contributed by atoms with Crippen LogP contribution in [0.1, 0.15) is 12.5 Å². The fourth-order valence-electron chi connectivity index (χ4n) is 1.34. The molecule has 0 radical (unpaired) electrons. The van der Waals surface area contributed by atoms with Gasteiger partial charge in [0.15, 0.2) is 0 Å². The summed E-state index contributed by atoms with van der Waals surface area (Å²) in [4.78, 5) is 32.7. The number of halogens is 1. The van der Waals surface area contributed by atoms with Gasteiger partial charge in [0.1, 0.15) is 0 Å². The first-order valence-corrected chi connectivity index (χ1v) is 5.99. The summed E-state index contributed by atoms with van der Waals surface area (Å²) in [5.41, 5.74) is -0.346. The fraction of sp³-hybridized carbons (Fsp3) is 0.273. The van der Waals surface area contributed by atoms with E-state index >= 15 is 0 Å². The molecule has 0 saturated carbocycles. The molecular formula is C11H11BrN2O5. The summed E-state index contributed by atoms with van der Waals surface area (Å²) in [6, 6.07) is 0. The molecule has 1 aromatic heterocycles. The van der Waals surface area contributed by atoms with Gasteiger partial charge in [0.2, 0.25) is 0 Å². The molecule has 19 heavy (non-hydrogen) atoms. The molecule has 0 amide bonds. The Hall–Kier alpha value is -1.96. The van der Waals surface area contributed by atoms with Gasteiger partial charge in [-0.3, -0.25) is 14.9 Å². The lowest BCUT2D eigenvalue weighted by atomic mass is 10.2. The summed E-state index contributed by atoms with van der Waals surface area (Å²) in [5, 5.41) is 19.5. The van der Waals surface area contributed by atoms with Crippen LogP contribution in [-0.4, -0.2) is 20.6 Å². The maximum absolute atomic E-state index is 11.9. The number of allylic oxidation sites excluding steroid dienone is 1. The summed E-state index contributed by atoms with van der Waals surface area (Å²) >= 11 is 3.01. The van der Waals surface area contributed by atoms with Crippen molar-refractivity contribution < 1.29 is 14.8 Å². The van der Waals surface area contributed by atoms with Crippen LogP contribution in [0.3, 0.4) is 0 Å². The number of carboxylic acids is 1. The molecule has 1 rings (SSSR count). The highest BCUT2D eigenvalue weighted by molar-refractivity contribution is 9.10. The molecule has 1 N–H and O–H groups in total. The normalized spacial score (nSPS) is 11.4. The molecule has 102 valence electrons. The predicted octanol–water partition coefficient (Wildman–Crippen LogP) is 1.86. The Bertz CT molecular complexity index is 633. The van der Waals surface area contributed by atoms with Crippen molar-refractivity contribution in [2.75, 3.05) is 0 Å². The zero-order chi connectivity index (χ0) is 14.7. The second-order valence-corrected chi connectivity index (χ2v) is 4.65. The summed E-state index contributed by atoms with van der Waals surface area (Å²) in [5.74, 6) is -1.10. The van der Waals surface area contributed by atoms with Crippen molar-refractivity contribution in [1.82, 2.24) is 4.57 Å². The second-order valence-electron chi connectivity index (χ2n) is 3.86. The first kappa shape index (κ1) is 15.1. The molecule has 8 heteroatoms. The molecule has 0 unspecified atom stereocenters. The number of pyridine rings is 1. The zero-order valence-corrected chi connectivity index (χ0v) is 11.8. The molecule has 0 aromatic carbocycles. The van der Waals surface area contributed by atoms with E-state index in [4.69, 9.17) is 5.11 Å². The number of carboxylic acid groups (broad SMARTS) is 1. The summed E-state index contributed by atoms with van der Waals surface area (Å²) in [6.45, 7) is 2.80. The fourth-order valence-corrected chi connectivity index (χ4v) is 1.78. The van der Waals surface area contributed by atoms with Crippen molar-refractivity contribution in [3.05, 3.63) is 48.4 Å². The van der Waals surface area contributed by atoms with E-state index < -0.39 is 16.5 Å². The Balaban J connectivity index is 3.30. The van der Waals surface area contributed by atoms with Crippen molar-refractivity contribution in [2.24, 2.45) is 0 Å². The van der Waals surface area contributed by atoms with Crippen LogP contribution in [0.2, 0.25) is 0 Å². The van der Waals surface area contributed by atoms with E-state index in [-0.39, 0.29) is 27.8 Å². The summed E-state index contributed by atoms with van der Waals surface area (Å²) < 4.78 is 1.19. The quantitative estimate of drug-likeness (QED) is 0.515. The van der Waals surface area contributed by atoms with Crippen molar-refractivity contribution >= 4 is 27.6 Å². The number of aliphatic carboxylic acids is 1. The van der Waals surface area contributed by atoms with Crippen LogP contribution < -0.4 is 5.56 Å². The largest absolute Gasteiger partial charge is 0.478 e. The summed E-state index contributed by atoms with van der Waals surface area (Å²) in [7, 11) is 0. The van der Waals surface area contributed by atoms with Crippen LogP contribution in [0.25, 0.3) is 0 Å². The lowest BCUT2D eigenvalue weighted by Crippen LogP contribution is -2.22. The smallest absolute Gasteiger partial charge is 0.331 e. The highest BCUT2D eigenvalue weighted by atomic mass is 79.9. The number of hydrogen-bond acceptors (Lipinski definition) is 4. The topological polar surface area (TPSA) is 102 Å². The predicted molar refractivity (Wildman–Crippen MR) is 71.2 cm³/mol. The van der Waals surface area contributed by atoms with Gasteiger partial charge in [-0.25, -0.2) is 4.79 Å². The minimum Gasteiger partial charge on any atom is -0.478 e. The minimum atomic E-state index is -1.10. The third kappa shape index (κ3) is 3.28. The van der Waals surface area contributed by atoms with Crippen molar-refractivity contribution in [3.8, 4) is 0 Å². The second kappa shape index (κ2) is 5.79. The Labute approximate surface area is 116 Å². The van der Waals surface area contributed by atoms with Gasteiger partial charge < -0.3 is 9.67 Å². The van der Waals surface area contributed by atoms with Gasteiger partial charge in [0, 0.05) is 17.7 Å². The molecule has 1 heterocycles. The van der Waals surface area contributed by atoms with Crippen LogP contribution >= 0.6 is 15.9 Å². The van der Waals surface area contributed by atoms with Gasteiger partial charge >= 0.3 is 5.97 Å². The van der Waals surface area contributed by atoms with E-state index in [1.54, 1.807) is 0 Å². The first-order chi connectivity index (χ1) is 8.75. The zero-order valence-electron chi connectivity index (χ0n) is 10.2. The molecule has 0 aliphatic carbocycles. The first-order valence-electron chi connectivity index (χ1n) is 5.19. The molecule has 1 aromatic rings.